The third kappa shape index (κ3) is 2.74. The van der Waals surface area contributed by atoms with Gasteiger partial charge in [-0.1, -0.05) is 44.1 Å². The minimum absolute atomic E-state index is 0.136. The first kappa shape index (κ1) is 16.3. The highest BCUT2D eigenvalue weighted by Gasteiger charge is 2.48. The predicted molar refractivity (Wildman–Crippen MR) is 94.3 cm³/mol. The maximum atomic E-state index is 12.6. The molecule has 132 valence electrons. The van der Waals surface area contributed by atoms with Crippen molar-refractivity contribution < 1.29 is 9.32 Å². The van der Waals surface area contributed by atoms with Gasteiger partial charge in [-0.25, -0.2) is 0 Å². The van der Waals surface area contributed by atoms with Crippen molar-refractivity contribution in [1.82, 2.24) is 15.0 Å². The Balaban J connectivity index is 1.46. The molecule has 0 bridgehead atoms. The number of benzene rings is 1. The fourth-order valence-electron chi connectivity index (χ4n) is 3.79. The van der Waals surface area contributed by atoms with Crippen LogP contribution < -0.4 is 5.32 Å². The summed E-state index contributed by atoms with van der Waals surface area (Å²) in [5.74, 6) is 1.53. The molecule has 1 aromatic carbocycles. The average molecular weight is 340 g/mol. The van der Waals surface area contributed by atoms with Crippen LogP contribution >= 0.6 is 0 Å². The number of rotatable bonds is 2. The Morgan fingerprint density at radius 1 is 1.24 bits per heavy atom. The van der Waals surface area contributed by atoms with E-state index in [1.165, 1.54) is 0 Å². The molecule has 3 heterocycles. The number of piperidine rings is 1. The number of nitrogens with zero attached hydrogens (tertiary/aromatic N) is 3. The van der Waals surface area contributed by atoms with Crippen molar-refractivity contribution in [2.75, 3.05) is 18.4 Å². The standard InChI is InChI=1S/C19H24N4O2/c1-18(2,3)17-21-15(22-25-17)12-23-10-8-19(9-11-23)13-6-4-5-7-14(13)20-16(19)24/h4-7H,8-12H2,1-3H3,(H,20,24). The van der Waals surface area contributed by atoms with Crippen LogP contribution in [-0.4, -0.2) is 34.0 Å². The van der Waals surface area contributed by atoms with Crippen LogP contribution in [0.2, 0.25) is 0 Å². The maximum absolute atomic E-state index is 12.6. The number of anilines is 1. The lowest BCUT2D eigenvalue weighted by Crippen LogP contribution is -2.46. The Hall–Kier alpha value is -2.21. The number of carbonyl (C=O) groups is 1. The molecule has 1 saturated heterocycles. The van der Waals surface area contributed by atoms with E-state index in [-0.39, 0.29) is 16.7 Å². The van der Waals surface area contributed by atoms with Crippen LogP contribution in [-0.2, 0) is 22.2 Å². The van der Waals surface area contributed by atoms with Crippen LogP contribution in [0.1, 0.15) is 50.9 Å². The number of amides is 1. The zero-order valence-electron chi connectivity index (χ0n) is 15.0. The molecule has 2 aromatic rings. The highest BCUT2D eigenvalue weighted by molar-refractivity contribution is 6.06. The second-order valence-electron chi connectivity index (χ2n) is 8.12. The molecule has 6 heteroatoms. The third-order valence-electron chi connectivity index (χ3n) is 5.31. The first-order valence-electron chi connectivity index (χ1n) is 8.85. The lowest BCUT2D eigenvalue weighted by molar-refractivity contribution is -0.122. The van der Waals surface area contributed by atoms with E-state index >= 15 is 0 Å². The number of carbonyl (C=O) groups excluding carboxylic acids is 1. The Morgan fingerprint density at radius 3 is 2.64 bits per heavy atom. The van der Waals surface area contributed by atoms with Gasteiger partial charge in [-0.2, -0.15) is 4.98 Å². The molecule has 25 heavy (non-hydrogen) atoms. The topological polar surface area (TPSA) is 71.3 Å². The average Bonchev–Trinajstić information content (AvgIpc) is 3.14. The van der Waals surface area contributed by atoms with E-state index in [1.54, 1.807) is 0 Å². The van der Waals surface area contributed by atoms with E-state index in [1.807, 2.05) is 18.2 Å². The number of hydrogen-bond acceptors (Lipinski definition) is 5. The van der Waals surface area contributed by atoms with Gasteiger partial charge in [0.15, 0.2) is 5.82 Å². The molecule has 4 rings (SSSR count). The maximum Gasteiger partial charge on any atom is 0.235 e. The van der Waals surface area contributed by atoms with Gasteiger partial charge in [0.1, 0.15) is 0 Å². The van der Waals surface area contributed by atoms with Gasteiger partial charge in [0.2, 0.25) is 11.8 Å². The highest BCUT2D eigenvalue weighted by Crippen LogP contribution is 2.44. The summed E-state index contributed by atoms with van der Waals surface area (Å²) in [5.41, 5.74) is 1.60. The Kier molecular flexibility index (Phi) is 3.68. The zero-order valence-corrected chi connectivity index (χ0v) is 15.0. The first-order valence-corrected chi connectivity index (χ1v) is 8.85. The van der Waals surface area contributed by atoms with Gasteiger partial charge >= 0.3 is 0 Å². The molecule has 2 aliphatic rings. The van der Waals surface area contributed by atoms with Gasteiger partial charge in [-0.3, -0.25) is 9.69 Å². The lowest BCUT2D eigenvalue weighted by Gasteiger charge is -2.37. The molecule has 1 spiro atoms. The van der Waals surface area contributed by atoms with Crippen molar-refractivity contribution in [2.45, 2.75) is 51.0 Å². The number of hydrogen-bond donors (Lipinski definition) is 1. The number of para-hydroxylation sites is 1. The third-order valence-corrected chi connectivity index (χ3v) is 5.31. The summed E-state index contributed by atoms with van der Waals surface area (Å²) < 4.78 is 5.38. The molecule has 1 amide bonds. The molecule has 1 aromatic heterocycles. The molecular formula is C19H24N4O2. The van der Waals surface area contributed by atoms with E-state index in [9.17, 15) is 4.79 Å². The first-order chi connectivity index (χ1) is 11.9. The van der Waals surface area contributed by atoms with E-state index < -0.39 is 0 Å². The van der Waals surface area contributed by atoms with Crippen LogP contribution in [0.15, 0.2) is 28.8 Å². The minimum Gasteiger partial charge on any atom is -0.339 e. The highest BCUT2D eigenvalue weighted by atomic mass is 16.5. The Morgan fingerprint density at radius 2 is 1.96 bits per heavy atom. The fraction of sp³-hybridized carbons (Fsp3) is 0.526. The summed E-state index contributed by atoms with van der Waals surface area (Å²) in [6, 6.07) is 8.05. The zero-order chi connectivity index (χ0) is 17.7. The minimum atomic E-state index is -0.374. The van der Waals surface area contributed by atoms with Gasteiger partial charge in [-0.15, -0.1) is 0 Å². The molecule has 0 atom stereocenters. The molecule has 1 N–H and O–H groups in total. The summed E-state index contributed by atoms with van der Waals surface area (Å²) in [4.78, 5) is 19.4. The van der Waals surface area contributed by atoms with Gasteiger partial charge in [0.05, 0.1) is 12.0 Å². The van der Waals surface area contributed by atoms with Crippen molar-refractivity contribution >= 4 is 11.6 Å². The summed E-state index contributed by atoms with van der Waals surface area (Å²) in [6.45, 7) is 8.54. The largest absolute Gasteiger partial charge is 0.339 e. The Labute approximate surface area is 147 Å². The lowest BCUT2D eigenvalue weighted by atomic mass is 9.73. The van der Waals surface area contributed by atoms with E-state index in [4.69, 9.17) is 4.52 Å². The van der Waals surface area contributed by atoms with Crippen molar-refractivity contribution in [3.63, 3.8) is 0 Å². The molecular weight excluding hydrogens is 316 g/mol. The monoisotopic (exact) mass is 340 g/mol. The molecule has 0 radical (unpaired) electrons. The summed E-state index contributed by atoms with van der Waals surface area (Å²) in [6.07, 6.45) is 1.64. The second-order valence-corrected chi connectivity index (χ2v) is 8.12. The van der Waals surface area contributed by atoms with E-state index in [0.29, 0.717) is 12.4 Å². The number of fused-ring (bicyclic) bond motifs is 2. The number of aromatic nitrogens is 2. The van der Waals surface area contributed by atoms with Crippen LogP contribution in [0.25, 0.3) is 0 Å². The molecule has 0 saturated carbocycles. The van der Waals surface area contributed by atoms with Crippen LogP contribution in [0.4, 0.5) is 5.69 Å². The van der Waals surface area contributed by atoms with E-state index in [2.05, 4.69) is 47.2 Å². The molecule has 2 aliphatic heterocycles. The number of likely N-dealkylation sites (tertiary alicyclic amines) is 1. The van der Waals surface area contributed by atoms with Crippen molar-refractivity contribution in [3.8, 4) is 0 Å². The van der Waals surface area contributed by atoms with Gasteiger partial charge in [0.25, 0.3) is 0 Å². The fourth-order valence-corrected chi connectivity index (χ4v) is 3.79. The van der Waals surface area contributed by atoms with Crippen molar-refractivity contribution in [1.29, 1.82) is 0 Å². The SMILES string of the molecule is CC(C)(C)c1nc(CN2CCC3(CC2)C(=O)Nc2ccccc23)no1. The molecule has 6 nitrogen and oxygen atoms in total. The molecule has 1 fully saturated rings. The predicted octanol–water partition coefficient (Wildman–Crippen LogP) is 2.85. The second kappa shape index (κ2) is 5.66. The molecule has 0 unspecified atom stereocenters. The quantitative estimate of drug-likeness (QED) is 0.910. The van der Waals surface area contributed by atoms with Crippen LogP contribution in [0, 0.1) is 0 Å². The number of nitrogens with one attached hydrogen (secondary N) is 1. The summed E-state index contributed by atoms with van der Waals surface area (Å²) >= 11 is 0. The van der Waals surface area contributed by atoms with Crippen molar-refractivity contribution in [2.24, 2.45) is 0 Å². The Bertz CT molecular complexity index is 798. The molecule has 0 aliphatic carbocycles. The van der Waals surface area contributed by atoms with E-state index in [0.717, 1.165) is 43.0 Å². The van der Waals surface area contributed by atoms with Gasteiger partial charge in [-0.05, 0) is 37.6 Å². The van der Waals surface area contributed by atoms with Crippen molar-refractivity contribution in [3.05, 3.63) is 41.5 Å². The van der Waals surface area contributed by atoms with Crippen LogP contribution in [0.3, 0.4) is 0 Å². The normalized spacial score (nSPS) is 19.9. The smallest absolute Gasteiger partial charge is 0.235 e. The van der Waals surface area contributed by atoms with Gasteiger partial charge in [0, 0.05) is 11.1 Å². The van der Waals surface area contributed by atoms with Crippen LogP contribution in [0.5, 0.6) is 0 Å². The van der Waals surface area contributed by atoms with Gasteiger partial charge < -0.3 is 9.84 Å². The summed E-state index contributed by atoms with van der Waals surface area (Å²) in [5, 5.41) is 7.15. The summed E-state index contributed by atoms with van der Waals surface area (Å²) in [7, 11) is 0.